The minimum atomic E-state index is -0.852. The molecule has 3 heterocycles. The number of hydrogen-bond donors (Lipinski definition) is 0. The zero-order valence-electron chi connectivity index (χ0n) is 16.8. The van der Waals surface area contributed by atoms with E-state index in [2.05, 4.69) is 9.88 Å². The summed E-state index contributed by atoms with van der Waals surface area (Å²) in [4.78, 5) is 20.0. The normalized spacial score (nSPS) is 23.5. The summed E-state index contributed by atoms with van der Waals surface area (Å²) in [5, 5.41) is 6.14. The standard InChI is InChI=1S/C22H23ClN4O3/c1-15-13-22(15,21(28)30-14-16-5-3-2-4-6-16)27-19-17(7-8-18(23)24-19)20(25-27)26-9-11-29-12-10-26/h2-8,15H,9-14H2,1H3/t15-,22-/m0/s1. The molecule has 2 atom stereocenters. The van der Waals surface area contributed by atoms with Crippen LogP contribution in [0.1, 0.15) is 18.9 Å². The maximum absolute atomic E-state index is 13.2. The molecular formula is C22H23ClN4O3. The van der Waals surface area contributed by atoms with Gasteiger partial charge in [-0.1, -0.05) is 48.9 Å². The number of carbonyl (C=O) groups is 1. The fraction of sp³-hybridized carbons (Fsp3) is 0.409. The van der Waals surface area contributed by atoms with E-state index >= 15 is 0 Å². The highest BCUT2D eigenvalue weighted by Gasteiger charge is 2.62. The first kappa shape index (κ1) is 19.3. The topological polar surface area (TPSA) is 69.5 Å². The van der Waals surface area contributed by atoms with E-state index in [-0.39, 0.29) is 18.5 Å². The van der Waals surface area contributed by atoms with Crippen molar-refractivity contribution in [3.63, 3.8) is 0 Å². The van der Waals surface area contributed by atoms with Crippen LogP contribution in [0.3, 0.4) is 0 Å². The molecule has 8 heteroatoms. The number of morpholine rings is 1. The zero-order valence-corrected chi connectivity index (χ0v) is 17.5. The van der Waals surface area contributed by atoms with Gasteiger partial charge in [-0.2, -0.15) is 5.10 Å². The number of pyridine rings is 1. The molecule has 1 aliphatic carbocycles. The van der Waals surface area contributed by atoms with Gasteiger partial charge in [-0.15, -0.1) is 0 Å². The van der Waals surface area contributed by atoms with E-state index in [9.17, 15) is 4.79 Å². The van der Waals surface area contributed by atoms with Gasteiger partial charge in [0.05, 0.1) is 18.6 Å². The number of carbonyl (C=O) groups excluding carboxylic acids is 1. The number of hydrogen-bond acceptors (Lipinski definition) is 6. The summed E-state index contributed by atoms with van der Waals surface area (Å²) in [6.07, 6.45) is 0.661. The predicted molar refractivity (Wildman–Crippen MR) is 114 cm³/mol. The van der Waals surface area contributed by atoms with Crippen LogP contribution in [0.4, 0.5) is 5.82 Å². The summed E-state index contributed by atoms with van der Waals surface area (Å²) in [7, 11) is 0. The lowest BCUT2D eigenvalue weighted by Gasteiger charge is -2.27. The van der Waals surface area contributed by atoms with Crippen molar-refractivity contribution in [1.82, 2.24) is 14.8 Å². The third kappa shape index (κ3) is 3.22. The number of benzene rings is 1. The Balaban J connectivity index is 1.52. The molecule has 1 saturated carbocycles. The van der Waals surface area contributed by atoms with Crippen molar-refractivity contribution in [2.75, 3.05) is 31.2 Å². The summed E-state index contributed by atoms with van der Waals surface area (Å²) in [5.74, 6) is 0.632. The van der Waals surface area contributed by atoms with Crippen LogP contribution in [0, 0.1) is 5.92 Å². The van der Waals surface area contributed by atoms with Crippen LogP contribution >= 0.6 is 11.6 Å². The number of anilines is 1. The first-order valence-corrected chi connectivity index (χ1v) is 10.6. The molecule has 2 aromatic heterocycles. The summed E-state index contributed by atoms with van der Waals surface area (Å²) >= 11 is 6.21. The highest BCUT2D eigenvalue weighted by Crippen LogP contribution is 2.52. The molecular weight excluding hydrogens is 404 g/mol. The van der Waals surface area contributed by atoms with Crippen molar-refractivity contribution >= 4 is 34.4 Å². The van der Waals surface area contributed by atoms with Crippen molar-refractivity contribution in [2.24, 2.45) is 5.92 Å². The molecule has 2 aliphatic rings. The number of rotatable bonds is 5. The van der Waals surface area contributed by atoms with E-state index in [1.807, 2.05) is 43.3 Å². The van der Waals surface area contributed by atoms with Gasteiger partial charge in [0, 0.05) is 13.1 Å². The SMILES string of the molecule is C[C@H]1C[C@]1(C(=O)OCc1ccccc1)n1nc(N2CCOCC2)c2ccc(Cl)nc21. The molecule has 2 fully saturated rings. The summed E-state index contributed by atoms with van der Waals surface area (Å²) < 4.78 is 12.9. The van der Waals surface area contributed by atoms with Gasteiger partial charge in [0.25, 0.3) is 0 Å². The van der Waals surface area contributed by atoms with Crippen molar-refractivity contribution in [2.45, 2.75) is 25.5 Å². The van der Waals surface area contributed by atoms with Gasteiger partial charge in [0.1, 0.15) is 11.8 Å². The largest absolute Gasteiger partial charge is 0.459 e. The van der Waals surface area contributed by atoms with Gasteiger partial charge < -0.3 is 14.4 Å². The first-order valence-electron chi connectivity index (χ1n) is 10.2. The highest BCUT2D eigenvalue weighted by atomic mass is 35.5. The van der Waals surface area contributed by atoms with E-state index in [4.69, 9.17) is 26.2 Å². The second kappa shape index (κ2) is 7.56. The Morgan fingerprint density at radius 1 is 1.23 bits per heavy atom. The van der Waals surface area contributed by atoms with Gasteiger partial charge in [-0.05, 0) is 30.0 Å². The van der Waals surface area contributed by atoms with Crippen molar-refractivity contribution in [3.8, 4) is 0 Å². The molecule has 0 N–H and O–H groups in total. The zero-order chi connectivity index (χ0) is 20.7. The van der Waals surface area contributed by atoms with E-state index in [1.54, 1.807) is 10.7 Å². The van der Waals surface area contributed by atoms with E-state index in [0.717, 1.165) is 29.9 Å². The van der Waals surface area contributed by atoms with Crippen LogP contribution < -0.4 is 4.90 Å². The minimum Gasteiger partial charge on any atom is -0.459 e. The molecule has 0 bridgehead atoms. The predicted octanol–water partition coefficient (Wildman–Crippen LogP) is 3.40. The summed E-state index contributed by atoms with van der Waals surface area (Å²) in [6.45, 7) is 5.06. The summed E-state index contributed by atoms with van der Waals surface area (Å²) in [5.41, 5.74) is 0.717. The third-order valence-electron chi connectivity index (χ3n) is 6.00. The number of esters is 1. The highest BCUT2D eigenvalue weighted by molar-refractivity contribution is 6.29. The molecule has 5 rings (SSSR count). The minimum absolute atomic E-state index is 0.0993. The van der Waals surface area contributed by atoms with Crippen LogP contribution in [0.25, 0.3) is 11.0 Å². The summed E-state index contributed by atoms with van der Waals surface area (Å²) in [6, 6.07) is 13.4. The molecule has 0 amide bonds. The second-order valence-electron chi connectivity index (χ2n) is 7.93. The molecule has 156 valence electrons. The number of ether oxygens (including phenoxy) is 2. The maximum Gasteiger partial charge on any atom is 0.334 e. The Morgan fingerprint density at radius 2 is 1.97 bits per heavy atom. The number of halogens is 1. The van der Waals surface area contributed by atoms with Gasteiger partial charge in [-0.25, -0.2) is 14.5 Å². The molecule has 30 heavy (non-hydrogen) atoms. The van der Waals surface area contributed by atoms with Gasteiger partial charge in [-0.3, -0.25) is 0 Å². The fourth-order valence-electron chi connectivity index (χ4n) is 4.17. The van der Waals surface area contributed by atoms with Crippen LogP contribution in [-0.2, 0) is 26.4 Å². The molecule has 0 unspecified atom stereocenters. The van der Waals surface area contributed by atoms with Crippen molar-refractivity contribution in [3.05, 3.63) is 53.2 Å². The van der Waals surface area contributed by atoms with Gasteiger partial charge in [0.15, 0.2) is 17.0 Å². The van der Waals surface area contributed by atoms with Gasteiger partial charge in [0.2, 0.25) is 0 Å². The lowest BCUT2D eigenvalue weighted by atomic mass is 10.2. The maximum atomic E-state index is 13.2. The van der Waals surface area contributed by atoms with Crippen molar-refractivity contribution < 1.29 is 14.3 Å². The van der Waals surface area contributed by atoms with E-state index in [0.29, 0.717) is 30.4 Å². The fourth-order valence-corrected chi connectivity index (χ4v) is 4.31. The smallest absolute Gasteiger partial charge is 0.334 e. The van der Waals surface area contributed by atoms with Crippen LogP contribution in [0.5, 0.6) is 0 Å². The molecule has 1 saturated heterocycles. The lowest BCUT2D eigenvalue weighted by molar-refractivity contribution is -0.151. The molecule has 1 aromatic carbocycles. The number of nitrogens with zero attached hydrogens (tertiary/aromatic N) is 4. The average Bonchev–Trinajstić information content (AvgIpc) is 3.31. The molecule has 1 aliphatic heterocycles. The van der Waals surface area contributed by atoms with E-state index in [1.165, 1.54) is 0 Å². The third-order valence-corrected chi connectivity index (χ3v) is 6.22. The van der Waals surface area contributed by atoms with Gasteiger partial charge >= 0.3 is 5.97 Å². The Labute approximate surface area is 179 Å². The average molecular weight is 427 g/mol. The Bertz CT molecular complexity index is 1080. The van der Waals surface area contributed by atoms with E-state index < -0.39 is 5.54 Å². The van der Waals surface area contributed by atoms with Crippen molar-refractivity contribution in [1.29, 1.82) is 0 Å². The Kier molecular flexibility index (Phi) is 4.87. The number of fused-ring (bicyclic) bond motifs is 1. The Morgan fingerprint density at radius 3 is 2.67 bits per heavy atom. The lowest BCUT2D eigenvalue weighted by Crippen LogP contribution is -2.37. The monoisotopic (exact) mass is 426 g/mol. The van der Waals surface area contributed by atoms with Crippen LogP contribution in [0.2, 0.25) is 5.15 Å². The molecule has 0 radical (unpaired) electrons. The molecule has 7 nitrogen and oxygen atoms in total. The molecule has 3 aromatic rings. The van der Waals surface area contributed by atoms with Crippen LogP contribution in [-0.4, -0.2) is 47.0 Å². The second-order valence-corrected chi connectivity index (χ2v) is 8.32. The van der Waals surface area contributed by atoms with Crippen LogP contribution in [0.15, 0.2) is 42.5 Å². The first-order chi connectivity index (χ1) is 14.6. The number of aromatic nitrogens is 3. The molecule has 0 spiro atoms. The quantitative estimate of drug-likeness (QED) is 0.460. The Hall–Kier alpha value is -2.64.